The van der Waals surface area contributed by atoms with Crippen molar-refractivity contribution in [2.75, 3.05) is 44.1 Å². The zero-order chi connectivity index (χ0) is 95.0. The lowest BCUT2D eigenvalue weighted by Gasteiger charge is -2.29. The van der Waals surface area contributed by atoms with Crippen LogP contribution in [0.4, 0.5) is 73.9 Å². The third-order valence-electron chi connectivity index (χ3n) is 28.6. The van der Waals surface area contributed by atoms with E-state index in [1.165, 1.54) is 21.8 Å². The molecule has 142 heavy (non-hydrogen) atoms. The highest BCUT2D eigenvalue weighted by molar-refractivity contribution is 6.40. The summed E-state index contributed by atoms with van der Waals surface area (Å²) in [6.45, 7) is 9.00. The largest absolute Gasteiger partial charge is 0.372 e. The quantitative estimate of drug-likeness (QED) is 0.0463. The minimum Gasteiger partial charge on any atom is -0.372 e. The zero-order valence-electron chi connectivity index (χ0n) is 79.3. The number of unbranched alkanes of at least 4 members (excludes halogenated alkanes) is 1. The van der Waals surface area contributed by atoms with Gasteiger partial charge in [-0.05, 0) is 333 Å². The van der Waals surface area contributed by atoms with Crippen LogP contribution < -0.4 is 24.5 Å². The normalized spacial score (nSPS) is 12.6. The van der Waals surface area contributed by atoms with Crippen molar-refractivity contribution in [1.82, 2.24) is 19.7 Å². The number of aromatic nitrogens is 3. The minimum atomic E-state index is -0.0688. The van der Waals surface area contributed by atoms with Gasteiger partial charge in [-0.1, -0.05) is 286 Å². The molecule has 678 valence electrons. The number of aliphatic imine (C=N–C) groups is 1. The number of benzene rings is 22. The summed E-state index contributed by atoms with van der Waals surface area (Å²) < 4.78 is 1.92. The number of rotatable bonds is 23. The number of amidine groups is 1. The number of nitrogens with zero attached hydrogens (tertiary/aromatic N) is 10. The molecule has 0 spiro atoms. The van der Waals surface area contributed by atoms with Crippen molar-refractivity contribution in [1.29, 1.82) is 0 Å². The maximum atomic E-state index is 14.1. The van der Waals surface area contributed by atoms with Crippen LogP contribution in [0, 0.1) is 0 Å². The third kappa shape index (κ3) is 15.5. The second-order valence-corrected chi connectivity index (χ2v) is 37.1. The Kier molecular flexibility index (Phi) is 21.8. The molecule has 11 nitrogen and oxygen atoms in total. The Bertz CT molecular complexity index is 9110. The summed E-state index contributed by atoms with van der Waals surface area (Å²) in [7, 11) is 2.00. The van der Waals surface area contributed by atoms with Crippen LogP contribution in [-0.2, 0) is 11.8 Å². The Labute approximate surface area is 824 Å². The lowest BCUT2D eigenvalue weighted by Crippen LogP contribution is -2.33. The molecule has 0 aliphatic carbocycles. The third-order valence-corrected chi connectivity index (χ3v) is 28.6. The SMILES string of the molecule is CCCCN1C(=O)/C(=C/c2ccccc2)N=C1c1ccc(-c2ccc3cc(N(c4ccccc4)c4ccc5c6ccc(N(c7ccc8ccccc8c7)c7ccc8ccccc8c7)cc6c6c7cc(N(c8ccccc8)c8cccc(-c9cccc(-c%10nn(C)c%11nc%12ccc(N(CC)CC)cc%12cc%10%11)c9)c8)ccc7c7ccc(N(c8ccccc8)c8ccc9ccccc9c8)cc7c6c5c4)ccc3c2)cc1. The van der Waals surface area contributed by atoms with Gasteiger partial charge < -0.3 is 24.5 Å². The van der Waals surface area contributed by atoms with Gasteiger partial charge in [0.2, 0.25) is 0 Å². The van der Waals surface area contributed by atoms with Crippen molar-refractivity contribution in [3.05, 3.63) is 472 Å². The van der Waals surface area contributed by atoms with Gasteiger partial charge >= 0.3 is 0 Å². The average molecular weight is 1830 g/mol. The molecule has 25 rings (SSSR count). The highest BCUT2D eigenvalue weighted by Crippen LogP contribution is 2.53. The Morgan fingerprint density at radius 2 is 0.634 bits per heavy atom. The van der Waals surface area contributed by atoms with Crippen molar-refractivity contribution < 1.29 is 4.79 Å². The molecule has 1 amide bonds. The standard InChI is InChI=1S/C131H98N10O/c1-5-8-71-137-129(133-125(131(137)142)72-86-29-13-9-14-30-86)91-49-47-90(48-50-91)97-51-52-99-79-108(60-56-98(99)73-97)140(104-44-19-12-20-45-104)113-63-68-117-118-69-64-114(141(109-58-54-88-32-22-25-35-94(88)76-109)110-59-55-89-33-23-26-36-95(89)77-110)85-122(118)127-119-82-111(61-66-115(119)116-67-62-112(83-120(116)126(127)121(117)84-113)139(103-42-17-11-18-43-103)107-57-53-87-31-21-24-34-93(87)75-107)138(102-40-15-10-16-41-102)106-46-28-38-96(78-106)92-37-27-39-100(74-92)128-123-81-101-80-105(136(6-2)7-3)65-70-124(101)132-130(123)135(4)134-128/h9-70,72-85H,5-8,71H2,1-4H3/b125-72-. The molecule has 0 fully saturated rings. The molecule has 0 bridgehead atoms. The van der Waals surface area contributed by atoms with E-state index in [2.05, 4.69) is 470 Å². The molecule has 0 atom stereocenters. The Morgan fingerprint density at radius 1 is 0.275 bits per heavy atom. The number of pyridine rings is 1. The summed E-state index contributed by atoms with van der Waals surface area (Å²) in [6, 6.07) is 167. The van der Waals surface area contributed by atoms with Crippen LogP contribution in [0.2, 0.25) is 0 Å². The second-order valence-electron chi connectivity index (χ2n) is 37.1. The number of amides is 1. The first-order valence-corrected chi connectivity index (χ1v) is 49.2. The Balaban J connectivity index is 0.706. The van der Waals surface area contributed by atoms with E-state index < -0.39 is 0 Å². The molecular weight excluding hydrogens is 1730 g/mol. The molecule has 3 heterocycles. The first-order valence-electron chi connectivity index (χ1n) is 49.2. The van der Waals surface area contributed by atoms with E-state index in [0.717, 1.165) is 242 Å². The molecule has 2 aromatic heterocycles. The Morgan fingerprint density at radius 3 is 1.12 bits per heavy atom. The van der Waals surface area contributed by atoms with Crippen LogP contribution in [0.1, 0.15) is 44.7 Å². The fourth-order valence-corrected chi connectivity index (χ4v) is 21.6. The summed E-state index contributed by atoms with van der Waals surface area (Å²) >= 11 is 0. The number of para-hydroxylation sites is 3. The van der Waals surface area contributed by atoms with E-state index in [-0.39, 0.29) is 5.91 Å². The first-order chi connectivity index (χ1) is 70.0. The van der Waals surface area contributed by atoms with Crippen molar-refractivity contribution in [3.63, 3.8) is 0 Å². The van der Waals surface area contributed by atoms with Crippen LogP contribution in [0.25, 0.3) is 158 Å². The van der Waals surface area contributed by atoms with Crippen LogP contribution >= 0.6 is 0 Å². The van der Waals surface area contributed by atoms with E-state index in [4.69, 9.17) is 15.1 Å². The van der Waals surface area contributed by atoms with E-state index in [9.17, 15) is 4.79 Å². The van der Waals surface area contributed by atoms with E-state index in [0.29, 0.717) is 18.1 Å². The zero-order valence-corrected chi connectivity index (χ0v) is 79.3. The molecule has 24 aromatic rings. The van der Waals surface area contributed by atoms with Gasteiger partial charge in [0.25, 0.3) is 5.91 Å². The number of fused-ring (bicyclic) bond motifs is 17. The minimum absolute atomic E-state index is 0.0688. The lowest BCUT2D eigenvalue weighted by molar-refractivity contribution is -0.122. The predicted molar refractivity (Wildman–Crippen MR) is 600 cm³/mol. The summed E-state index contributed by atoms with van der Waals surface area (Å²) in [4.78, 5) is 38.3. The number of carbonyl (C=O) groups is 1. The molecule has 0 unspecified atom stereocenters. The van der Waals surface area contributed by atoms with Gasteiger partial charge in [-0.15, -0.1) is 0 Å². The van der Waals surface area contributed by atoms with Crippen LogP contribution in [0.15, 0.2) is 466 Å². The first kappa shape index (κ1) is 85.6. The van der Waals surface area contributed by atoms with Crippen LogP contribution in [0.3, 0.4) is 0 Å². The highest BCUT2D eigenvalue weighted by atomic mass is 16.2. The number of aryl methyl sites for hydroxylation is 1. The fraction of sp³-hybridized carbons (Fsp3) is 0.0687. The smallest absolute Gasteiger partial charge is 0.278 e. The molecule has 11 heteroatoms. The Hall–Kier alpha value is -18.1. The summed E-state index contributed by atoms with van der Waals surface area (Å²) in [5.41, 5.74) is 23.7. The van der Waals surface area contributed by atoms with Crippen LogP contribution in [-0.4, -0.2) is 51.0 Å². The van der Waals surface area contributed by atoms with Gasteiger partial charge in [0.05, 0.1) is 5.52 Å². The van der Waals surface area contributed by atoms with Crippen molar-refractivity contribution in [3.8, 4) is 33.5 Å². The predicted octanol–water partition coefficient (Wildman–Crippen LogP) is 34.7. The van der Waals surface area contributed by atoms with Gasteiger partial charge in [-0.3, -0.25) is 9.69 Å². The van der Waals surface area contributed by atoms with Gasteiger partial charge in [0.1, 0.15) is 17.2 Å². The molecule has 1 aliphatic rings. The fourth-order valence-electron chi connectivity index (χ4n) is 21.6. The van der Waals surface area contributed by atoms with Gasteiger partial charge in [0.15, 0.2) is 5.65 Å². The number of hydrogen-bond acceptors (Lipinski definition) is 9. The van der Waals surface area contributed by atoms with Crippen LogP contribution in [0.5, 0.6) is 0 Å². The van der Waals surface area contributed by atoms with Crippen molar-refractivity contribution in [2.45, 2.75) is 33.6 Å². The maximum absolute atomic E-state index is 14.1. The number of anilines is 13. The topological polar surface area (TPSA) is 79.6 Å². The summed E-state index contributed by atoms with van der Waals surface area (Å²) in [6.07, 6.45) is 3.73. The second kappa shape index (κ2) is 36.1. The molecule has 0 saturated carbocycles. The average Bonchev–Trinajstić information content (AvgIpc) is 0.762. The summed E-state index contributed by atoms with van der Waals surface area (Å²) in [5.74, 6) is 0.618. The maximum Gasteiger partial charge on any atom is 0.278 e. The molecule has 0 saturated heterocycles. The van der Waals surface area contributed by atoms with E-state index in [1.807, 2.05) is 53.0 Å². The number of carbonyl (C=O) groups excluding carboxylic acids is 1. The van der Waals surface area contributed by atoms with Crippen molar-refractivity contribution in [2.24, 2.45) is 12.0 Å². The number of hydrogen-bond donors (Lipinski definition) is 0. The van der Waals surface area contributed by atoms with E-state index in [1.54, 1.807) is 0 Å². The molecule has 1 aliphatic heterocycles. The van der Waals surface area contributed by atoms with Crippen molar-refractivity contribution >= 4 is 211 Å². The van der Waals surface area contributed by atoms with Gasteiger partial charge in [0, 0.05) is 123 Å². The summed E-state index contributed by atoms with van der Waals surface area (Å²) in [5, 5.41) is 27.7. The monoisotopic (exact) mass is 1830 g/mol. The molecule has 0 radical (unpaired) electrons. The van der Waals surface area contributed by atoms with Gasteiger partial charge in [-0.2, -0.15) is 5.10 Å². The molecular formula is C131H98N10O. The highest BCUT2D eigenvalue weighted by Gasteiger charge is 2.32. The molecule has 22 aromatic carbocycles. The lowest BCUT2D eigenvalue weighted by atomic mass is 9.86. The molecule has 0 N–H and O–H groups in total. The van der Waals surface area contributed by atoms with E-state index >= 15 is 0 Å². The van der Waals surface area contributed by atoms with Gasteiger partial charge in [-0.25, -0.2) is 14.7 Å².